The Labute approximate surface area is 241 Å². The average molecular weight is 611 g/mol. The van der Waals surface area contributed by atoms with Gasteiger partial charge in [0.05, 0.1) is 13.2 Å². The lowest BCUT2D eigenvalue weighted by Crippen LogP contribution is -2.60. The molecule has 0 spiro atoms. The van der Waals surface area contributed by atoms with Crippen LogP contribution in [0.4, 0.5) is 0 Å². The van der Waals surface area contributed by atoms with Crippen molar-refractivity contribution in [2.24, 2.45) is 0 Å². The number of hydrogen-bond acceptors (Lipinski definition) is 16. The summed E-state index contributed by atoms with van der Waals surface area (Å²) in [5, 5.41) is 100. The zero-order valence-electron chi connectivity index (χ0n) is 22.1. The van der Waals surface area contributed by atoms with Gasteiger partial charge in [-0.2, -0.15) is 0 Å². The van der Waals surface area contributed by atoms with Crippen molar-refractivity contribution in [1.82, 2.24) is 0 Å². The number of aliphatic hydroxyl groups excluding tert-OH is 8. The van der Waals surface area contributed by atoms with E-state index in [1.165, 1.54) is 24.3 Å². The van der Waals surface area contributed by atoms with E-state index in [1.807, 2.05) is 0 Å². The first-order valence-corrected chi connectivity index (χ1v) is 13.0. The maximum atomic E-state index is 13.7. The van der Waals surface area contributed by atoms with Gasteiger partial charge in [-0.05, 0) is 24.3 Å². The van der Waals surface area contributed by atoms with E-state index >= 15 is 0 Å². The Morgan fingerprint density at radius 3 is 1.77 bits per heavy atom. The zero-order chi connectivity index (χ0) is 31.2. The second-order valence-corrected chi connectivity index (χ2v) is 10.1. The number of benzene rings is 2. The number of aromatic hydroxyl groups is 2. The Balaban J connectivity index is 1.58. The van der Waals surface area contributed by atoms with Crippen LogP contribution in [-0.2, 0) is 9.47 Å². The molecular weight excluding hydrogens is 580 g/mol. The molecule has 2 saturated heterocycles. The van der Waals surface area contributed by atoms with Crippen LogP contribution in [0, 0.1) is 0 Å². The van der Waals surface area contributed by atoms with E-state index in [2.05, 4.69) is 0 Å². The number of ether oxygens (including phenoxy) is 4. The SMILES string of the molecule is O=c1c(O[C@H]2O[C@H](CO)[C@@H](O)[C@@H](O)[C@H]2O)c(-c2ccc(O)cc2)oc2cc(O[C@@H]3O[C@H](CO)[C@H](O)[C@@H](O)[C@H]3O)cc(O)c12. The van der Waals surface area contributed by atoms with Gasteiger partial charge in [0.2, 0.25) is 23.8 Å². The molecule has 16 heteroatoms. The Hall–Kier alpha value is -3.55. The minimum absolute atomic E-state index is 0.129. The van der Waals surface area contributed by atoms with Crippen LogP contribution in [0.15, 0.2) is 45.6 Å². The largest absolute Gasteiger partial charge is 0.508 e. The molecule has 234 valence electrons. The third kappa shape index (κ3) is 5.73. The molecule has 0 aliphatic carbocycles. The number of aliphatic hydroxyl groups is 8. The molecule has 2 aromatic carbocycles. The molecule has 16 nitrogen and oxygen atoms in total. The minimum Gasteiger partial charge on any atom is -0.508 e. The lowest BCUT2D eigenvalue weighted by molar-refractivity contribution is -0.277. The van der Waals surface area contributed by atoms with Crippen LogP contribution in [0.1, 0.15) is 0 Å². The molecule has 0 saturated carbocycles. The minimum atomic E-state index is -1.89. The fourth-order valence-electron chi connectivity index (χ4n) is 4.82. The first kappa shape index (κ1) is 30.9. The number of hydrogen-bond donors (Lipinski definition) is 10. The smallest absolute Gasteiger partial charge is 0.239 e. The van der Waals surface area contributed by atoms with Crippen LogP contribution in [0.3, 0.4) is 0 Å². The second kappa shape index (κ2) is 12.2. The highest BCUT2D eigenvalue weighted by atomic mass is 16.7. The third-order valence-corrected chi connectivity index (χ3v) is 7.22. The average Bonchev–Trinajstić information content (AvgIpc) is 2.98. The van der Waals surface area contributed by atoms with Crippen LogP contribution in [0.5, 0.6) is 23.0 Å². The number of phenols is 2. The van der Waals surface area contributed by atoms with Crippen molar-refractivity contribution in [3.63, 3.8) is 0 Å². The van der Waals surface area contributed by atoms with Crippen molar-refractivity contribution >= 4 is 11.0 Å². The Kier molecular flexibility index (Phi) is 8.77. The van der Waals surface area contributed by atoms with Crippen LogP contribution in [0.2, 0.25) is 0 Å². The first-order valence-electron chi connectivity index (χ1n) is 13.0. The lowest BCUT2D eigenvalue weighted by atomic mass is 9.99. The molecule has 43 heavy (non-hydrogen) atoms. The summed E-state index contributed by atoms with van der Waals surface area (Å²) in [6.07, 6.45) is -16.6. The van der Waals surface area contributed by atoms with Crippen molar-refractivity contribution in [3.05, 3.63) is 46.6 Å². The second-order valence-electron chi connectivity index (χ2n) is 10.1. The summed E-state index contributed by atoms with van der Waals surface area (Å²) >= 11 is 0. The van der Waals surface area contributed by atoms with Crippen LogP contribution in [-0.4, -0.2) is 126 Å². The van der Waals surface area contributed by atoms with Crippen molar-refractivity contribution in [1.29, 1.82) is 0 Å². The van der Waals surface area contributed by atoms with Crippen molar-refractivity contribution < 1.29 is 74.4 Å². The van der Waals surface area contributed by atoms with E-state index in [1.54, 1.807) is 0 Å². The van der Waals surface area contributed by atoms with Gasteiger partial charge in [-0.25, -0.2) is 0 Å². The maximum absolute atomic E-state index is 13.7. The topological polar surface area (TPSA) is 269 Å². The highest BCUT2D eigenvalue weighted by molar-refractivity contribution is 5.88. The van der Waals surface area contributed by atoms with E-state index in [4.69, 9.17) is 23.4 Å². The van der Waals surface area contributed by atoms with Gasteiger partial charge in [-0.15, -0.1) is 0 Å². The molecule has 0 unspecified atom stereocenters. The van der Waals surface area contributed by atoms with E-state index < -0.39 is 96.9 Å². The molecule has 3 aromatic rings. The summed E-state index contributed by atoms with van der Waals surface area (Å²) in [5.41, 5.74) is -1.11. The number of fused-ring (bicyclic) bond motifs is 1. The molecule has 0 amide bonds. The molecule has 10 atom stereocenters. The van der Waals surface area contributed by atoms with Crippen LogP contribution < -0.4 is 14.9 Å². The lowest BCUT2D eigenvalue weighted by Gasteiger charge is -2.39. The predicted octanol–water partition coefficient (Wildman–Crippen LogP) is -2.77. The van der Waals surface area contributed by atoms with Crippen molar-refractivity contribution in [2.45, 2.75) is 61.4 Å². The Bertz CT molecular complexity index is 1490. The molecule has 2 aliphatic rings. The molecule has 0 bridgehead atoms. The third-order valence-electron chi connectivity index (χ3n) is 7.22. The molecule has 2 fully saturated rings. The van der Waals surface area contributed by atoms with Crippen LogP contribution in [0.25, 0.3) is 22.3 Å². The molecular formula is C27H30O16. The number of phenolic OH excluding ortho intramolecular Hbond substituents is 2. The Morgan fingerprint density at radius 1 is 0.698 bits per heavy atom. The fraction of sp³-hybridized carbons (Fsp3) is 0.444. The van der Waals surface area contributed by atoms with E-state index in [0.717, 1.165) is 12.1 Å². The van der Waals surface area contributed by atoms with E-state index in [-0.39, 0.29) is 28.4 Å². The zero-order valence-corrected chi connectivity index (χ0v) is 22.1. The van der Waals surface area contributed by atoms with E-state index in [0.29, 0.717) is 0 Å². The summed E-state index contributed by atoms with van der Waals surface area (Å²) in [6.45, 7) is -1.48. The molecule has 10 N–H and O–H groups in total. The normalized spacial score (nSPS) is 32.9. The van der Waals surface area contributed by atoms with Crippen molar-refractivity contribution in [2.75, 3.05) is 13.2 Å². The predicted molar refractivity (Wildman–Crippen MR) is 140 cm³/mol. The highest BCUT2D eigenvalue weighted by Crippen LogP contribution is 2.38. The van der Waals surface area contributed by atoms with Gasteiger partial charge in [0, 0.05) is 17.7 Å². The standard InChI is InChI=1S/C27H30O16/c28-7-14-17(32)20(35)22(37)26(41-14)39-11-5-12(31)16-13(6-11)40-24(9-1-3-10(30)4-2-9)25(19(16)34)43-27-23(38)21(36)18(33)15(8-29)42-27/h1-6,14-15,17-18,20-23,26-33,35-38H,7-8H2/t14-,15-,17+,18-,20-,21-,22-,23-,26-,27-/m1/s1. The van der Waals surface area contributed by atoms with Gasteiger partial charge < -0.3 is 74.4 Å². The van der Waals surface area contributed by atoms with Gasteiger partial charge in [0.1, 0.15) is 77.0 Å². The molecule has 5 rings (SSSR count). The number of rotatable bonds is 7. The maximum Gasteiger partial charge on any atom is 0.239 e. The van der Waals surface area contributed by atoms with Gasteiger partial charge >= 0.3 is 0 Å². The quantitative estimate of drug-likeness (QED) is 0.130. The monoisotopic (exact) mass is 610 g/mol. The molecule has 2 aliphatic heterocycles. The van der Waals surface area contributed by atoms with Gasteiger partial charge in [0.15, 0.2) is 5.76 Å². The highest BCUT2D eigenvalue weighted by Gasteiger charge is 2.46. The van der Waals surface area contributed by atoms with Gasteiger partial charge in [-0.1, -0.05) is 0 Å². The fourth-order valence-corrected chi connectivity index (χ4v) is 4.82. The molecule has 0 radical (unpaired) electrons. The Morgan fingerprint density at radius 2 is 1.23 bits per heavy atom. The first-order chi connectivity index (χ1) is 20.4. The summed E-state index contributed by atoms with van der Waals surface area (Å²) in [6, 6.07) is 7.35. The summed E-state index contributed by atoms with van der Waals surface area (Å²) in [4.78, 5) is 13.7. The van der Waals surface area contributed by atoms with Gasteiger partial charge in [-0.3, -0.25) is 4.79 Å². The molecule has 1 aromatic heterocycles. The van der Waals surface area contributed by atoms with Crippen molar-refractivity contribution in [3.8, 4) is 34.3 Å². The summed E-state index contributed by atoms with van der Waals surface area (Å²) in [7, 11) is 0. The summed E-state index contributed by atoms with van der Waals surface area (Å²) < 4.78 is 27.8. The molecule has 3 heterocycles. The summed E-state index contributed by atoms with van der Waals surface area (Å²) in [5.74, 6) is -1.96. The van der Waals surface area contributed by atoms with E-state index in [9.17, 15) is 55.9 Å². The van der Waals surface area contributed by atoms with Gasteiger partial charge in [0.25, 0.3) is 0 Å². The van der Waals surface area contributed by atoms with Crippen LogP contribution >= 0.6 is 0 Å².